The van der Waals surface area contributed by atoms with E-state index in [1.54, 1.807) is 12.4 Å². The zero-order valence-corrected chi connectivity index (χ0v) is 9.78. The lowest BCUT2D eigenvalue weighted by molar-refractivity contribution is 0.886. The van der Waals surface area contributed by atoms with Crippen LogP contribution in [0.25, 0.3) is 5.65 Å². The summed E-state index contributed by atoms with van der Waals surface area (Å²) in [4.78, 5) is 8.72. The number of hydrogen-bond acceptors (Lipinski definition) is 4. The summed E-state index contributed by atoms with van der Waals surface area (Å²) in [6, 6.07) is 0. The van der Waals surface area contributed by atoms with Crippen LogP contribution >= 0.6 is 11.8 Å². The summed E-state index contributed by atoms with van der Waals surface area (Å²) in [5.41, 5.74) is 6.71. The Bertz CT molecular complexity index is 502. The van der Waals surface area contributed by atoms with Crippen molar-refractivity contribution in [3.8, 4) is 0 Å². The smallest absolute Gasteiger partial charge is 0.169 e. The van der Waals surface area contributed by atoms with Gasteiger partial charge in [-0.2, -0.15) is 0 Å². The Labute approximate surface area is 98.3 Å². The minimum atomic E-state index is 0.561. The number of thioether (sulfide) groups is 1. The highest BCUT2D eigenvalue weighted by Gasteiger charge is 2.19. The van der Waals surface area contributed by atoms with Gasteiger partial charge in [-0.1, -0.05) is 24.6 Å². The van der Waals surface area contributed by atoms with Crippen LogP contribution in [0.15, 0.2) is 23.6 Å². The van der Waals surface area contributed by atoms with E-state index in [1.807, 2.05) is 22.4 Å². The van der Waals surface area contributed by atoms with E-state index < -0.39 is 0 Å². The Balaban J connectivity index is 1.97. The zero-order valence-electron chi connectivity index (χ0n) is 8.97. The molecular formula is C11H14N4S. The number of imidazole rings is 1. The maximum atomic E-state index is 5.79. The summed E-state index contributed by atoms with van der Waals surface area (Å²) >= 11 is 1.83. The number of rotatable bonds is 2. The van der Waals surface area contributed by atoms with Gasteiger partial charge in [-0.05, 0) is 12.8 Å². The van der Waals surface area contributed by atoms with Crippen LogP contribution in [0, 0.1) is 0 Å². The quantitative estimate of drug-likeness (QED) is 0.866. The van der Waals surface area contributed by atoms with Gasteiger partial charge >= 0.3 is 0 Å². The number of aromatic nitrogens is 3. The molecule has 84 valence electrons. The molecule has 0 unspecified atom stereocenters. The summed E-state index contributed by atoms with van der Waals surface area (Å²) < 4.78 is 1.94. The fourth-order valence-electron chi connectivity index (χ4n) is 2.16. The number of nitrogens with two attached hydrogens (primary N) is 1. The van der Waals surface area contributed by atoms with E-state index in [2.05, 4.69) is 9.97 Å². The Morgan fingerprint density at radius 1 is 1.38 bits per heavy atom. The first-order valence-corrected chi connectivity index (χ1v) is 6.47. The molecule has 4 nitrogen and oxygen atoms in total. The van der Waals surface area contributed by atoms with Gasteiger partial charge in [0, 0.05) is 17.6 Å². The van der Waals surface area contributed by atoms with Gasteiger partial charge in [0.05, 0.1) is 6.20 Å². The minimum Gasteiger partial charge on any atom is -0.382 e. The van der Waals surface area contributed by atoms with E-state index >= 15 is 0 Å². The molecule has 5 heteroatoms. The molecule has 1 fully saturated rings. The summed E-state index contributed by atoms with van der Waals surface area (Å²) in [7, 11) is 0. The summed E-state index contributed by atoms with van der Waals surface area (Å²) in [6.45, 7) is 0. The van der Waals surface area contributed by atoms with Gasteiger partial charge in [0.25, 0.3) is 0 Å². The Morgan fingerprint density at radius 2 is 2.19 bits per heavy atom. The third kappa shape index (κ3) is 1.75. The Hall–Kier alpha value is -1.23. The van der Waals surface area contributed by atoms with E-state index in [0.717, 1.165) is 10.7 Å². The van der Waals surface area contributed by atoms with Crippen LogP contribution in [0.1, 0.15) is 25.7 Å². The van der Waals surface area contributed by atoms with Crippen LogP contribution < -0.4 is 5.73 Å². The molecule has 0 aromatic carbocycles. The molecule has 2 heterocycles. The molecule has 0 atom stereocenters. The highest BCUT2D eigenvalue weighted by molar-refractivity contribution is 8.00. The van der Waals surface area contributed by atoms with Gasteiger partial charge in [0.15, 0.2) is 5.65 Å². The molecule has 0 spiro atoms. The zero-order chi connectivity index (χ0) is 11.0. The predicted molar refractivity (Wildman–Crippen MR) is 65.5 cm³/mol. The van der Waals surface area contributed by atoms with Gasteiger partial charge in [-0.3, -0.25) is 0 Å². The molecule has 2 aromatic heterocycles. The molecule has 2 N–H and O–H groups in total. The lowest BCUT2D eigenvalue weighted by Crippen LogP contribution is -2.01. The molecular weight excluding hydrogens is 220 g/mol. The van der Waals surface area contributed by atoms with Gasteiger partial charge in [0.1, 0.15) is 10.8 Å². The second-order valence-corrected chi connectivity index (χ2v) is 5.44. The van der Waals surface area contributed by atoms with Crippen molar-refractivity contribution in [3.63, 3.8) is 0 Å². The maximum Gasteiger partial charge on any atom is 0.169 e. The molecule has 0 radical (unpaired) electrons. The van der Waals surface area contributed by atoms with Crippen molar-refractivity contribution >= 4 is 23.2 Å². The molecule has 0 amide bonds. The topological polar surface area (TPSA) is 56.2 Å². The fraction of sp³-hybridized carbons (Fsp3) is 0.455. The SMILES string of the molecule is Nc1cn2ccnc2c(SC2CCCC2)n1. The van der Waals surface area contributed by atoms with Crippen LogP contribution in [-0.2, 0) is 0 Å². The van der Waals surface area contributed by atoms with Crippen molar-refractivity contribution in [2.75, 3.05) is 5.73 Å². The number of anilines is 1. The first kappa shape index (κ1) is 9.96. The lowest BCUT2D eigenvalue weighted by Gasteiger charge is -2.09. The van der Waals surface area contributed by atoms with Crippen LogP contribution in [0.2, 0.25) is 0 Å². The van der Waals surface area contributed by atoms with Crippen molar-refractivity contribution in [3.05, 3.63) is 18.6 Å². The van der Waals surface area contributed by atoms with Gasteiger partial charge < -0.3 is 10.1 Å². The minimum absolute atomic E-state index is 0.561. The third-order valence-corrected chi connectivity index (χ3v) is 4.24. The van der Waals surface area contributed by atoms with Crippen molar-refractivity contribution in [1.29, 1.82) is 0 Å². The predicted octanol–water partition coefficient (Wildman–Crippen LogP) is 2.35. The fourth-order valence-corrected chi connectivity index (χ4v) is 3.47. The van der Waals surface area contributed by atoms with Gasteiger partial charge in [0.2, 0.25) is 0 Å². The number of hydrogen-bond donors (Lipinski definition) is 1. The van der Waals surface area contributed by atoms with E-state index in [1.165, 1.54) is 25.7 Å². The lowest BCUT2D eigenvalue weighted by atomic mass is 10.4. The van der Waals surface area contributed by atoms with E-state index in [-0.39, 0.29) is 0 Å². The molecule has 2 aromatic rings. The van der Waals surface area contributed by atoms with E-state index in [0.29, 0.717) is 11.1 Å². The Kier molecular flexibility index (Phi) is 2.47. The number of nitrogen functional groups attached to an aromatic ring is 1. The second-order valence-electron chi connectivity index (χ2n) is 4.15. The number of fused-ring (bicyclic) bond motifs is 1. The highest BCUT2D eigenvalue weighted by Crippen LogP contribution is 2.35. The molecule has 0 aliphatic heterocycles. The molecule has 1 aliphatic carbocycles. The molecule has 1 aliphatic rings. The van der Waals surface area contributed by atoms with Gasteiger partial charge in [-0.25, -0.2) is 9.97 Å². The highest BCUT2D eigenvalue weighted by atomic mass is 32.2. The van der Waals surface area contributed by atoms with Crippen LogP contribution in [-0.4, -0.2) is 19.6 Å². The van der Waals surface area contributed by atoms with E-state index in [4.69, 9.17) is 5.73 Å². The molecule has 3 rings (SSSR count). The molecule has 16 heavy (non-hydrogen) atoms. The largest absolute Gasteiger partial charge is 0.382 e. The normalized spacial score (nSPS) is 17.2. The first-order chi connectivity index (χ1) is 7.83. The summed E-state index contributed by atoms with van der Waals surface area (Å²) in [5, 5.41) is 1.66. The average Bonchev–Trinajstić information content (AvgIpc) is 2.87. The van der Waals surface area contributed by atoms with Crippen molar-refractivity contribution in [2.45, 2.75) is 36.0 Å². The van der Waals surface area contributed by atoms with Crippen LogP contribution in [0.5, 0.6) is 0 Å². The van der Waals surface area contributed by atoms with Crippen LogP contribution in [0.4, 0.5) is 5.82 Å². The standard InChI is InChI=1S/C11H14N4S/c12-9-7-15-6-5-13-10(15)11(14-9)16-8-3-1-2-4-8/h5-8H,1-4,12H2. The first-order valence-electron chi connectivity index (χ1n) is 5.59. The summed E-state index contributed by atoms with van der Waals surface area (Å²) in [5.74, 6) is 0.561. The third-order valence-electron chi connectivity index (χ3n) is 2.94. The molecule has 0 bridgehead atoms. The summed E-state index contributed by atoms with van der Waals surface area (Å²) in [6.07, 6.45) is 10.7. The monoisotopic (exact) mass is 234 g/mol. The van der Waals surface area contributed by atoms with Crippen molar-refractivity contribution < 1.29 is 0 Å². The van der Waals surface area contributed by atoms with Crippen LogP contribution in [0.3, 0.4) is 0 Å². The van der Waals surface area contributed by atoms with Gasteiger partial charge in [-0.15, -0.1) is 0 Å². The maximum absolute atomic E-state index is 5.79. The average molecular weight is 234 g/mol. The number of nitrogens with zero attached hydrogens (tertiary/aromatic N) is 3. The van der Waals surface area contributed by atoms with Crippen molar-refractivity contribution in [2.24, 2.45) is 0 Å². The van der Waals surface area contributed by atoms with E-state index in [9.17, 15) is 0 Å². The van der Waals surface area contributed by atoms with Crippen molar-refractivity contribution in [1.82, 2.24) is 14.4 Å². The Morgan fingerprint density at radius 3 is 3.00 bits per heavy atom. The second kappa shape index (κ2) is 3.97. The molecule has 1 saturated carbocycles. The molecule has 0 saturated heterocycles.